The number of esters is 1. The van der Waals surface area contributed by atoms with Crippen molar-refractivity contribution in [1.82, 2.24) is 0 Å². The second-order valence-electron chi connectivity index (χ2n) is 3.50. The molecule has 0 saturated carbocycles. The molecule has 0 heterocycles. The highest BCUT2D eigenvalue weighted by molar-refractivity contribution is 6.17. The molecular formula is C11H19ClO4. The molecule has 0 rings (SSSR count). The van der Waals surface area contributed by atoms with Crippen molar-refractivity contribution < 1.29 is 19.4 Å². The molecule has 0 aliphatic rings. The van der Waals surface area contributed by atoms with E-state index in [4.69, 9.17) is 21.1 Å². The second-order valence-corrected chi connectivity index (χ2v) is 3.88. The van der Waals surface area contributed by atoms with Crippen LogP contribution in [-0.2, 0) is 14.3 Å². The van der Waals surface area contributed by atoms with E-state index in [1.54, 1.807) is 6.92 Å². The minimum atomic E-state index is -0.792. The van der Waals surface area contributed by atoms with E-state index in [0.29, 0.717) is 18.1 Å². The smallest absolute Gasteiger partial charge is 0.333 e. The summed E-state index contributed by atoms with van der Waals surface area (Å²) in [5.41, 5.74) is 0.315. The van der Waals surface area contributed by atoms with Crippen molar-refractivity contribution in [2.24, 2.45) is 0 Å². The fourth-order valence-electron chi connectivity index (χ4n) is 0.861. The number of carbonyl (C=O) groups is 1. The Kier molecular flexibility index (Phi) is 9.28. The van der Waals surface area contributed by atoms with Gasteiger partial charge in [0.1, 0.15) is 12.7 Å². The van der Waals surface area contributed by atoms with E-state index in [2.05, 4.69) is 6.58 Å². The molecule has 94 valence electrons. The van der Waals surface area contributed by atoms with Gasteiger partial charge in [-0.15, -0.1) is 11.6 Å². The molecule has 0 saturated heterocycles. The standard InChI is InChI=1S/C11H19ClO4/c1-9(2)11(14)16-8-10(13)7-15-6-4-3-5-12/h10,13H,1,3-8H2,2H3. The fraction of sp³-hybridized carbons (Fsp3) is 0.727. The predicted octanol–water partition coefficient (Wildman–Crippen LogP) is 1.50. The first-order chi connectivity index (χ1) is 7.57. The summed E-state index contributed by atoms with van der Waals surface area (Å²) < 4.78 is 9.92. The minimum absolute atomic E-state index is 0.0683. The number of halogens is 1. The van der Waals surface area contributed by atoms with E-state index in [-0.39, 0.29) is 13.2 Å². The number of unbranched alkanes of at least 4 members (excludes halogenated alkanes) is 1. The van der Waals surface area contributed by atoms with Crippen molar-refractivity contribution in [3.63, 3.8) is 0 Å². The summed E-state index contributed by atoms with van der Waals surface area (Å²) in [6.07, 6.45) is 0.962. The molecule has 0 aromatic heterocycles. The van der Waals surface area contributed by atoms with Crippen LogP contribution in [0.2, 0.25) is 0 Å². The van der Waals surface area contributed by atoms with E-state index in [1.807, 2.05) is 0 Å². The summed E-state index contributed by atoms with van der Waals surface area (Å²) in [4.78, 5) is 11.0. The molecule has 0 radical (unpaired) electrons. The highest BCUT2D eigenvalue weighted by Crippen LogP contribution is 1.97. The maximum absolute atomic E-state index is 11.0. The third-order valence-corrected chi connectivity index (χ3v) is 2.01. The van der Waals surface area contributed by atoms with Crippen LogP contribution in [0, 0.1) is 0 Å². The molecule has 0 aliphatic carbocycles. The monoisotopic (exact) mass is 250 g/mol. The van der Waals surface area contributed by atoms with Gasteiger partial charge in [-0.2, -0.15) is 0 Å². The van der Waals surface area contributed by atoms with E-state index in [0.717, 1.165) is 12.8 Å². The first-order valence-corrected chi connectivity index (χ1v) is 5.75. The Morgan fingerprint density at radius 1 is 1.44 bits per heavy atom. The van der Waals surface area contributed by atoms with Gasteiger partial charge in [0, 0.05) is 18.1 Å². The summed E-state index contributed by atoms with van der Waals surface area (Å²) in [6, 6.07) is 0. The van der Waals surface area contributed by atoms with Gasteiger partial charge in [0.15, 0.2) is 0 Å². The largest absolute Gasteiger partial charge is 0.460 e. The molecule has 0 bridgehead atoms. The predicted molar refractivity (Wildman–Crippen MR) is 62.6 cm³/mol. The second kappa shape index (κ2) is 9.63. The van der Waals surface area contributed by atoms with Crippen LogP contribution in [0.1, 0.15) is 19.8 Å². The van der Waals surface area contributed by atoms with Gasteiger partial charge in [-0.1, -0.05) is 6.58 Å². The van der Waals surface area contributed by atoms with Crippen LogP contribution in [0.5, 0.6) is 0 Å². The van der Waals surface area contributed by atoms with E-state index >= 15 is 0 Å². The molecule has 0 fully saturated rings. The Labute approximate surface area is 101 Å². The maximum Gasteiger partial charge on any atom is 0.333 e. The highest BCUT2D eigenvalue weighted by atomic mass is 35.5. The van der Waals surface area contributed by atoms with Gasteiger partial charge in [0.2, 0.25) is 0 Å². The summed E-state index contributed by atoms with van der Waals surface area (Å²) in [6.45, 7) is 5.63. The summed E-state index contributed by atoms with van der Waals surface area (Å²) in [5.74, 6) is 0.114. The Hall–Kier alpha value is -0.580. The average molecular weight is 251 g/mol. The van der Waals surface area contributed by atoms with E-state index < -0.39 is 12.1 Å². The SMILES string of the molecule is C=C(C)C(=O)OCC(O)COCCCCCl. The van der Waals surface area contributed by atoms with Crippen LogP contribution >= 0.6 is 11.6 Å². The number of hydrogen-bond acceptors (Lipinski definition) is 4. The normalized spacial score (nSPS) is 12.2. The zero-order chi connectivity index (χ0) is 12.4. The molecule has 1 atom stereocenters. The first-order valence-electron chi connectivity index (χ1n) is 5.22. The molecule has 1 N–H and O–H groups in total. The zero-order valence-electron chi connectivity index (χ0n) is 9.58. The third-order valence-electron chi connectivity index (χ3n) is 1.74. The maximum atomic E-state index is 11.0. The van der Waals surface area contributed by atoms with Crippen LogP contribution in [0.3, 0.4) is 0 Å². The number of aliphatic hydroxyl groups is 1. The molecule has 0 spiro atoms. The van der Waals surface area contributed by atoms with Crippen LogP contribution < -0.4 is 0 Å². The lowest BCUT2D eigenvalue weighted by Crippen LogP contribution is -2.24. The molecule has 4 nitrogen and oxygen atoms in total. The van der Waals surface area contributed by atoms with Crippen molar-refractivity contribution in [2.75, 3.05) is 25.7 Å². The molecule has 5 heteroatoms. The first kappa shape index (κ1) is 15.4. The summed E-state index contributed by atoms with van der Waals surface area (Å²) in [7, 11) is 0. The topological polar surface area (TPSA) is 55.8 Å². The van der Waals surface area contributed by atoms with Crippen LogP contribution in [0.25, 0.3) is 0 Å². The molecule has 0 aliphatic heterocycles. The Morgan fingerprint density at radius 3 is 2.69 bits per heavy atom. The lowest BCUT2D eigenvalue weighted by Gasteiger charge is -2.11. The van der Waals surface area contributed by atoms with Crippen molar-refractivity contribution in [2.45, 2.75) is 25.9 Å². The highest BCUT2D eigenvalue weighted by Gasteiger charge is 2.09. The quantitative estimate of drug-likeness (QED) is 0.292. The van der Waals surface area contributed by atoms with Crippen LogP contribution in [-0.4, -0.2) is 42.9 Å². The van der Waals surface area contributed by atoms with Gasteiger partial charge in [0.25, 0.3) is 0 Å². The van der Waals surface area contributed by atoms with Gasteiger partial charge in [-0.05, 0) is 19.8 Å². The van der Waals surface area contributed by atoms with Gasteiger partial charge in [-0.25, -0.2) is 4.79 Å². The van der Waals surface area contributed by atoms with Crippen molar-refractivity contribution in [1.29, 1.82) is 0 Å². The zero-order valence-corrected chi connectivity index (χ0v) is 10.3. The summed E-state index contributed by atoms with van der Waals surface area (Å²) in [5, 5.41) is 9.38. The van der Waals surface area contributed by atoms with Crippen LogP contribution in [0.15, 0.2) is 12.2 Å². The molecule has 0 aromatic rings. The van der Waals surface area contributed by atoms with Gasteiger partial charge < -0.3 is 14.6 Å². The van der Waals surface area contributed by atoms with Gasteiger partial charge in [0.05, 0.1) is 6.61 Å². The molecule has 0 aromatic carbocycles. The van der Waals surface area contributed by atoms with Crippen LogP contribution in [0.4, 0.5) is 0 Å². The Balaban J connectivity index is 3.41. The lowest BCUT2D eigenvalue weighted by molar-refractivity contribution is -0.143. The number of alkyl halides is 1. The van der Waals surface area contributed by atoms with Crippen molar-refractivity contribution >= 4 is 17.6 Å². The average Bonchev–Trinajstić information content (AvgIpc) is 2.25. The number of carbonyl (C=O) groups excluding carboxylic acids is 1. The molecule has 16 heavy (non-hydrogen) atoms. The number of hydrogen-bond donors (Lipinski definition) is 1. The number of ether oxygens (including phenoxy) is 2. The van der Waals surface area contributed by atoms with E-state index in [9.17, 15) is 9.90 Å². The minimum Gasteiger partial charge on any atom is -0.460 e. The van der Waals surface area contributed by atoms with Gasteiger partial charge in [-0.3, -0.25) is 0 Å². The molecular weight excluding hydrogens is 232 g/mol. The van der Waals surface area contributed by atoms with E-state index in [1.165, 1.54) is 0 Å². The molecule has 1 unspecified atom stereocenters. The Morgan fingerprint density at radius 2 is 2.12 bits per heavy atom. The third kappa shape index (κ3) is 8.71. The molecule has 0 amide bonds. The van der Waals surface area contributed by atoms with Crippen molar-refractivity contribution in [3.8, 4) is 0 Å². The lowest BCUT2D eigenvalue weighted by atomic mass is 10.3. The fourth-order valence-corrected chi connectivity index (χ4v) is 1.05. The van der Waals surface area contributed by atoms with Crippen molar-refractivity contribution in [3.05, 3.63) is 12.2 Å². The van der Waals surface area contributed by atoms with Gasteiger partial charge >= 0.3 is 5.97 Å². The Bertz CT molecular complexity index is 218. The number of rotatable bonds is 9. The summed E-state index contributed by atoms with van der Waals surface area (Å²) >= 11 is 5.49. The number of aliphatic hydroxyl groups excluding tert-OH is 1.